The van der Waals surface area contributed by atoms with E-state index >= 15 is 0 Å². The topological polar surface area (TPSA) is 77.2 Å². The molecule has 0 aliphatic rings. The average Bonchev–Trinajstić information content (AvgIpc) is 2.43. The predicted molar refractivity (Wildman–Crippen MR) is 74.6 cm³/mol. The Hall–Kier alpha value is -2.34. The molecule has 0 saturated heterocycles. The third-order valence-electron chi connectivity index (χ3n) is 2.53. The molecule has 0 aliphatic heterocycles. The molecule has 5 nitrogen and oxygen atoms in total. The number of carbonyl (C=O) groups is 1. The molecule has 0 bridgehead atoms. The fourth-order valence-corrected chi connectivity index (χ4v) is 1.73. The number of hydrogen-bond acceptors (Lipinski definition) is 4. The first-order valence-electron chi connectivity index (χ1n) is 5.57. The van der Waals surface area contributed by atoms with Crippen molar-refractivity contribution in [2.45, 2.75) is 0 Å². The molecule has 20 heavy (non-hydrogen) atoms. The number of pyridine rings is 1. The van der Waals surface area contributed by atoms with Gasteiger partial charge in [-0.15, -0.1) is 0 Å². The fraction of sp³-hybridized carbons (Fsp3) is 0.0769. The molecule has 0 unspecified atom stereocenters. The SMILES string of the molecule is COc1ccc(F)c(NC(=O)c2cc(N)cnc2Cl)c1. The Labute approximate surface area is 119 Å². The highest BCUT2D eigenvalue weighted by Gasteiger charge is 2.14. The molecule has 1 aromatic heterocycles. The maximum absolute atomic E-state index is 13.6. The van der Waals surface area contributed by atoms with Crippen LogP contribution in [0.2, 0.25) is 5.15 Å². The van der Waals surface area contributed by atoms with Gasteiger partial charge in [-0.25, -0.2) is 9.37 Å². The number of nitrogens with zero attached hydrogens (tertiary/aromatic N) is 1. The van der Waals surface area contributed by atoms with Gasteiger partial charge < -0.3 is 15.8 Å². The first-order chi connectivity index (χ1) is 9.51. The van der Waals surface area contributed by atoms with Crippen LogP contribution < -0.4 is 15.8 Å². The van der Waals surface area contributed by atoms with Crippen molar-refractivity contribution in [3.8, 4) is 5.75 Å². The third kappa shape index (κ3) is 2.97. The zero-order valence-electron chi connectivity index (χ0n) is 10.5. The molecular formula is C13H11ClFN3O2. The largest absolute Gasteiger partial charge is 0.497 e. The number of carbonyl (C=O) groups excluding carboxylic acids is 1. The number of hydrogen-bond donors (Lipinski definition) is 2. The smallest absolute Gasteiger partial charge is 0.258 e. The quantitative estimate of drug-likeness (QED) is 0.854. The Morgan fingerprint density at radius 3 is 2.90 bits per heavy atom. The van der Waals surface area contributed by atoms with Crippen molar-refractivity contribution in [3.63, 3.8) is 0 Å². The van der Waals surface area contributed by atoms with E-state index in [9.17, 15) is 9.18 Å². The van der Waals surface area contributed by atoms with Gasteiger partial charge in [0.15, 0.2) is 0 Å². The van der Waals surface area contributed by atoms with Crippen molar-refractivity contribution in [3.05, 3.63) is 47.0 Å². The number of aromatic nitrogens is 1. The van der Waals surface area contributed by atoms with Crippen LogP contribution in [0.15, 0.2) is 30.5 Å². The predicted octanol–water partition coefficient (Wildman–Crippen LogP) is 2.72. The van der Waals surface area contributed by atoms with Gasteiger partial charge in [0.2, 0.25) is 0 Å². The lowest BCUT2D eigenvalue weighted by atomic mass is 10.2. The van der Waals surface area contributed by atoms with Gasteiger partial charge in [-0.2, -0.15) is 0 Å². The van der Waals surface area contributed by atoms with Gasteiger partial charge in [0, 0.05) is 6.07 Å². The fourth-order valence-electron chi connectivity index (χ4n) is 1.54. The molecule has 2 rings (SSSR count). The van der Waals surface area contributed by atoms with Gasteiger partial charge >= 0.3 is 0 Å². The first kappa shape index (κ1) is 14.1. The Morgan fingerprint density at radius 1 is 1.45 bits per heavy atom. The lowest BCUT2D eigenvalue weighted by Gasteiger charge is -2.09. The first-order valence-corrected chi connectivity index (χ1v) is 5.95. The Kier molecular flexibility index (Phi) is 4.05. The highest BCUT2D eigenvalue weighted by Crippen LogP contribution is 2.23. The van der Waals surface area contributed by atoms with Crippen LogP contribution in [0.25, 0.3) is 0 Å². The number of rotatable bonds is 3. The van der Waals surface area contributed by atoms with Crippen LogP contribution in [-0.2, 0) is 0 Å². The van der Waals surface area contributed by atoms with E-state index in [2.05, 4.69) is 10.3 Å². The molecule has 0 saturated carbocycles. The van der Waals surface area contributed by atoms with Crippen molar-refractivity contribution in [1.82, 2.24) is 4.98 Å². The van der Waals surface area contributed by atoms with Gasteiger partial charge in [0.1, 0.15) is 16.7 Å². The molecule has 1 amide bonds. The number of methoxy groups -OCH3 is 1. The van der Waals surface area contributed by atoms with Crippen LogP contribution in [-0.4, -0.2) is 18.0 Å². The number of nitrogens with two attached hydrogens (primary N) is 1. The van der Waals surface area contributed by atoms with Crippen molar-refractivity contribution in [2.24, 2.45) is 0 Å². The maximum Gasteiger partial charge on any atom is 0.258 e. The average molecular weight is 296 g/mol. The molecule has 0 radical (unpaired) electrons. The van der Waals surface area contributed by atoms with E-state index in [0.29, 0.717) is 5.75 Å². The molecule has 0 atom stereocenters. The van der Waals surface area contributed by atoms with E-state index in [-0.39, 0.29) is 22.1 Å². The van der Waals surface area contributed by atoms with Crippen molar-refractivity contribution in [2.75, 3.05) is 18.2 Å². The second-order valence-electron chi connectivity index (χ2n) is 3.91. The summed E-state index contributed by atoms with van der Waals surface area (Å²) in [6, 6.07) is 5.36. The van der Waals surface area contributed by atoms with Gasteiger partial charge in [-0.3, -0.25) is 4.79 Å². The minimum absolute atomic E-state index is 0.0139. The maximum atomic E-state index is 13.6. The number of amides is 1. The molecule has 1 aromatic carbocycles. The molecule has 0 fully saturated rings. The van der Waals surface area contributed by atoms with Gasteiger partial charge in [-0.05, 0) is 18.2 Å². The number of benzene rings is 1. The highest BCUT2D eigenvalue weighted by molar-refractivity contribution is 6.33. The van der Waals surface area contributed by atoms with Crippen molar-refractivity contribution >= 4 is 28.9 Å². The number of ether oxygens (including phenoxy) is 1. The number of nitrogens with one attached hydrogen (secondary N) is 1. The minimum Gasteiger partial charge on any atom is -0.497 e. The number of anilines is 2. The Balaban J connectivity index is 2.30. The number of nitrogen functional groups attached to an aromatic ring is 1. The second-order valence-corrected chi connectivity index (χ2v) is 4.26. The second kappa shape index (κ2) is 5.75. The summed E-state index contributed by atoms with van der Waals surface area (Å²) in [5.41, 5.74) is 5.87. The third-order valence-corrected chi connectivity index (χ3v) is 2.83. The Bertz CT molecular complexity index is 664. The molecule has 3 N–H and O–H groups in total. The van der Waals surface area contributed by atoms with E-state index < -0.39 is 11.7 Å². The summed E-state index contributed by atoms with van der Waals surface area (Å²) < 4.78 is 18.6. The summed E-state index contributed by atoms with van der Waals surface area (Å²) in [7, 11) is 1.44. The normalized spacial score (nSPS) is 10.2. The van der Waals surface area contributed by atoms with Crippen molar-refractivity contribution < 1.29 is 13.9 Å². The zero-order chi connectivity index (χ0) is 14.7. The molecule has 104 valence electrons. The standard InChI is InChI=1S/C13H11ClFN3O2/c1-20-8-2-3-10(15)11(5-8)18-13(19)9-4-7(16)6-17-12(9)14/h2-6H,16H2,1H3,(H,18,19). The summed E-state index contributed by atoms with van der Waals surface area (Å²) in [6.07, 6.45) is 1.32. The van der Waals surface area contributed by atoms with Crippen LogP contribution >= 0.6 is 11.6 Å². The van der Waals surface area contributed by atoms with E-state index in [4.69, 9.17) is 22.1 Å². The van der Waals surface area contributed by atoms with Crippen LogP contribution in [0.4, 0.5) is 15.8 Å². The summed E-state index contributed by atoms with van der Waals surface area (Å²) in [4.78, 5) is 15.8. The van der Waals surface area contributed by atoms with Crippen LogP contribution in [0, 0.1) is 5.82 Å². The lowest BCUT2D eigenvalue weighted by molar-refractivity contribution is 0.102. The molecule has 0 spiro atoms. The van der Waals surface area contributed by atoms with Gasteiger partial charge in [0.05, 0.1) is 30.2 Å². The summed E-state index contributed by atoms with van der Waals surface area (Å²) in [5.74, 6) is -0.785. The summed E-state index contributed by atoms with van der Waals surface area (Å²) in [5, 5.41) is 2.38. The van der Waals surface area contributed by atoms with Gasteiger partial charge in [-0.1, -0.05) is 11.6 Å². The van der Waals surface area contributed by atoms with Crippen LogP contribution in [0.1, 0.15) is 10.4 Å². The van der Waals surface area contributed by atoms with Crippen molar-refractivity contribution in [1.29, 1.82) is 0 Å². The van der Waals surface area contributed by atoms with E-state index in [1.807, 2.05) is 0 Å². The Morgan fingerprint density at radius 2 is 2.20 bits per heavy atom. The molecule has 1 heterocycles. The summed E-state index contributed by atoms with van der Waals surface area (Å²) in [6.45, 7) is 0. The van der Waals surface area contributed by atoms with E-state index in [1.165, 1.54) is 37.6 Å². The molecular weight excluding hydrogens is 285 g/mol. The van der Waals surface area contributed by atoms with Crippen LogP contribution in [0.5, 0.6) is 5.75 Å². The van der Waals surface area contributed by atoms with Crippen LogP contribution in [0.3, 0.4) is 0 Å². The molecule has 0 aliphatic carbocycles. The van der Waals surface area contributed by atoms with Gasteiger partial charge in [0.25, 0.3) is 5.91 Å². The molecule has 2 aromatic rings. The molecule has 7 heteroatoms. The minimum atomic E-state index is -0.609. The zero-order valence-corrected chi connectivity index (χ0v) is 11.2. The monoisotopic (exact) mass is 295 g/mol. The van der Waals surface area contributed by atoms with E-state index in [0.717, 1.165) is 0 Å². The summed E-state index contributed by atoms with van der Waals surface area (Å²) >= 11 is 5.81. The number of halogens is 2. The van der Waals surface area contributed by atoms with E-state index in [1.54, 1.807) is 0 Å². The lowest BCUT2D eigenvalue weighted by Crippen LogP contribution is -2.14. The highest BCUT2D eigenvalue weighted by atomic mass is 35.5.